The number of carbonyl (C=O) groups excluding carboxylic acids is 1. The van der Waals surface area contributed by atoms with Gasteiger partial charge in [0, 0.05) is 12.2 Å². The minimum Gasteiger partial charge on any atom is -0.357 e. The summed E-state index contributed by atoms with van der Waals surface area (Å²) in [4.78, 5) is 15.4. The van der Waals surface area contributed by atoms with E-state index in [4.69, 9.17) is 0 Å². The quantitative estimate of drug-likeness (QED) is 0.850. The topological polar surface area (TPSA) is 44.9 Å². The Balaban J connectivity index is 1.64. The van der Waals surface area contributed by atoms with Crippen molar-refractivity contribution in [2.24, 2.45) is 0 Å². The van der Waals surface area contributed by atoms with E-state index in [0.29, 0.717) is 5.69 Å². The molecule has 0 atom stereocenters. The lowest BCUT2D eigenvalue weighted by molar-refractivity contribution is 0.0926. The van der Waals surface area contributed by atoms with E-state index in [2.05, 4.69) is 10.3 Å². The Kier molecular flexibility index (Phi) is 5.11. The van der Waals surface area contributed by atoms with Crippen LogP contribution in [0, 0.1) is 5.82 Å². The second-order valence-corrected chi connectivity index (χ2v) is 6.32. The summed E-state index contributed by atoms with van der Waals surface area (Å²) in [6.45, 7) is 0. The molecule has 23 heavy (non-hydrogen) atoms. The Morgan fingerprint density at radius 2 is 1.65 bits per heavy atom. The van der Waals surface area contributed by atoms with Gasteiger partial charge in [0.05, 0.1) is 0 Å². The van der Waals surface area contributed by atoms with Crippen molar-refractivity contribution in [1.82, 2.24) is 10.3 Å². The van der Waals surface area contributed by atoms with Gasteiger partial charge in [-0.25, -0.2) is 4.39 Å². The van der Waals surface area contributed by atoms with E-state index in [1.165, 1.54) is 44.2 Å². The second kappa shape index (κ2) is 7.44. The molecule has 1 saturated carbocycles. The Labute approximate surface area is 136 Å². The highest BCUT2D eigenvalue weighted by Crippen LogP contribution is 2.21. The lowest BCUT2D eigenvalue weighted by atomic mass is 9.96. The number of hydrogen-bond acceptors (Lipinski definition) is 1. The molecule has 4 heteroatoms. The smallest absolute Gasteiger partial charge is 0.267 e. The molecule has 1 heterocycles. The first-order valence-corrected chi connectivity index (χ1v) is 8.47. The first-order valence-electron chi connectivity index (χ1n) is 8.47. The Morgan fingerprint density at radius 1 is 1.00 bits per heavy atom. The SMILES string of the molecule is O=C(NC1CCCCCCC1)c1cc(-c2ccc(F)cc2)c[nH]1. The molecule has 122 valence electrons. The first kappa shape index (κ1) is 15.8. The third-order valence-electron chi connectivity index (χ3n) is 4.55. The average Bonchev–Trinajstić information content (AvgIpc) is 3.00. The molecule has 1 amide bonds. The van der Waals surface area contributed by atoms with Crippen molar-refractivity contribution in [3.05, 3.63) is 48.0 Å². The lowest BCUT2D eigenvalue weighted by Gasteiger charge is -2.20. The number of rotatable bonds is 3. The largest absolute Gasteiger partial charge is 0.357 e. The maximum atomic E-state index is 13.0. The number of benzene rings is 1. The van der Waals surface area contributed by atoms with E-state index in [-0.39, 0.29) is 17.8 Å². The predicted molar refractivity (Wildman–Crippen MR) is 89.8 cm³/mol. The molecule has 0 unspecified atom stereocenters. The molecule has 0 aliphatic heterocycles. The summed E-state index contributed by atoms with van der Waals surface area (Å²) in [5.74, 6) is -0.310. The highest BCUT2D eigenvalue weighted by atomic mass is 19.1. The second-order valence-electron chi connectivity index (χ2n) is 6.32. The van der Waals surface area contributed by atoms with Crippen LogP contribution in [-0.2, 0) is 0 Å². The van der Waals surface area contributed by atoms with Crippen molar-refractivity contribution in [2.45, 2.75) is 51.0 Å². The van der Waals surface area contributed by atoms with Gasteiger partial charge in [-0.05, 0) is 42.2 Å². The minimum absolute atomic E-state index is 0.0519. The summed E-state index contributed by atoms with van der Waals surface area (Å²) in [7, 11) is 0. The Bertz CT molecular complexity index is 640. The molecule has 0 radical (unpaired) electrons. The van der Waals surface area contributed by atoms with Crippen molar-refractivity contribution in [2.75, 3.05) is 0 Å². The molecule has 2 aromatic rings. The van der Waals surface area contributed by atoms with Crippen molar-refractivity contribution in [3.8, 4) is 11.1 Å². The van der Waals surface area contributed by atoms with Gasteiger partial charge < -0.3 is 10.3 Å². The zero-order valence-corrected chi connectivity index (χ0v) is 13.3. The molecular weight excluding hydrogens is 291 g/mol. The van der Waals surface area contributed by atoms with E-state index >= 15 is 0 Å². The van der Waals surface area contributed by atoms with Gasteiger partial charge in [0.1, 0.15) is 11.5 Å². The fourth-order valence-electron chi connectivity index (χ4n) is 3.20. The third kappa shape index (κ3) is 4.21. The van der Waals surface area contributed by atoms with Crippen molar-refractivity contribution >= 4 is 5.91 Å². The van der Waals surface area contributed by atoms with Crippen LogP contribution in [0.25, 0.3) is 11.1 Å². The molecule has 3 nitrogen and oxygen atoms in total. The predicted octanol–water partition coefficient (Wildman–Crippen LogP) is 4.66. The molecular formula is C19H23FN2O. The lowest BCUT2D eigenvalue weighted by Crippen LogP contribution is -2.35. The summed E-state index contributed by atoms with van der Waals surface area (Å²) in [5.41, 5.74) is 2.35. The first-order chi connectivity index (χ1) is 11.2. The van der Waals surface area contributed by atoms with Crippen molar-refractivity contribution in [1.29, 1.82) is 0 Å². The Morgan fingerprint density at radius 3 is 2.35 bits per heavy atom. The zero-order chi connectivity index (χ0) is 16.1. The molecule has 1 fully saturated rings. The zero-order valence-electron chi connectivity index (χ0n) is 13.3. The van der Waals surface area contributed by atoms with Gasteiger partial charge in [-0.2, -0.15) is 0 Å². The van der Waals surface area contributed by atoms with Gasteiger partial charge in [0.15, 0.2) is 0 Å². The summed E-state index contributed by atoms with van der Waals surface area (Å²) in [5, 5.41) is 3.15. The number of halogens is 1. The fourth-order valence-corrected chi connectivity index (χ4v) is 3.20. The van der Waals surface area contributed by atoms with Gasteiger partial charge in [0.2, 0.25) is 0 Å². The third-order valence-corrected chi connectivity index (χ3v) is 4.55. The molecule has 0 saturated heterocycles. The fraction of sp³-hybridized carbons (Fsp3) is 0.421. The number of carbonyl (C=O) groups is 1. The number of aromatic nitrogens is 1. The van der Waals surface area contributed by atoms with E-state index in [1.54, 1.807) is 18.3 Å². The highest BCUT2D eigenvalue weighted by molar-refractivity contribution is 5.94. The molecule has 1 aromatic heterocycles. The van der Waals surface area contributed by atoms with Crippen LogP contribution >= 0.6 is 0 Å². The van der Waals surface area contributed by atoms with Gasteiger partial charge in [-0.15, -0.1) is 0 Å². The maximum absolute atomic E-state index is 13.0. The molecule has 1 aliphatic rings. The van der Waals surface area contributed by atoms with E-state index in [0.717, 1.165) is 24.0 Å². The highest BCUT2D eigenvalue weighted by Gasteiger charge is 2.16. The van der Waals surface area contributed by atoms with Crippen LogP contribution in [0.1, 0.15) is 55.4 Å². The van der Waals surface area contributed by atoms with Crippen LogP contribution in [0.4, 0.5) is 4.39 Å². The van der Waals surface area contributed by atoms with Gasteiger partial charge in [0.25, 0.3) is 5.91 Å². The molecule has 2 N–H and O–H groups in total. The number of aromatic amines is 1. The van der Waals surface area contributed by atoms with Crippen LogP contribution in [0.3, 0.4) is 0 Å². The molecule has 1 aromatic carbocycles. The number of nitrogens with one attached hydrogen (secondary N) is 2. The Hall–Kier alpha value is -2.10. The van der Waals surface area contributed by atoms with Crippen LogP contribution in [0.15, 0.2) is 36.5 Å². The summed E-state index contributed by atoms with van der Waals surface area (Å²) in [6.07, 6.45) is 10.2. The van der Waals surface area contributed by atoms with E-state index in [1.807, 2.05) is 6.07 Å². The van der Waals surface area contributed by atoms with Crippen LogP contribution in [-0.4, -0.2) is 16.9 Å². The van der Waals surface area contributed by atoms with Crippen molar-refractivity contribution in [3.63, 3.8) is 0 Å². The van der Waals surface area contributed by atoms with E-state index in [9.17, 15) is 9.18 Å². The number of H-pyrrole nitrogens is 1. The maximum Gasteiger partial charge on any atom is 0.267 e. The number of amides is 1. The normalized spacial score (nSPS) is 16.6. The summed E-state index contributed by atoms with van der Waals surface area (Å²) < 4.78 is 13.0. The van der Waals surface area contributed by atoms with Crippen LogP contribution in [0.2, 0.25) is 0 Å². The average molecular weight is 314 g/mol. The molecule has 0 bridgehead atoms. The summed E-state index contributed by atoms with van der Waals surface area (Å²) >= 11 is 0. The standard InChI is InChI=1S/C19H23FN2O/c20-16-10-8-14(9-11-16)15-12-18(21-13-15)19(23)22-17-6-4-2-1-3-5-7-17/h8-13,17,21H,1-7H2,(H,22,23). The molecule has 3 rings (SSSR count). The van der Waals surface area contributed by atoms with Crippen LogP contribution < -0.4 is 5.32 Å². The monoisotopic (exact) mass is 314 g/mol. The molecule has 0 spiro atoms. The van der Waals surface area contributed by atoms with Gasteiger partial charge >= 0.3 is 0 Å². The van der Waals surface area contributed by atoms with Gasteiger partial charge in [-0.3, -0.25) is 4.79 Å². The van der Waals surface area contributed by atoms with Gasteiger partial charge in [-0.1, -0.05) is 44.2 Å². The number of hydrogen-bond donors (Lipinski definition) is 2. The summed E-state index contributed by atoms with van der Waals surface area (Å²) in [6, 6.07) is 8.39. The molecule has 1 aliphatic carbocycles. The van der Waals surface area contributed by atoms with E-state index < -0.39 is 0 Å². The minimum atomic E-state index is -0.258. The van der Waals surface area contributed by atoms with Crippen LogP contribution in [0.5, 0.6) is 0 Å². The van der Waals surface area contributed by atoms with Crippen molar-refractivity contribution < 1.29 is 9.18 Å².